The van der Waals surface area contributed by atoms with Crippen molar-refractivity contribution < 1.29 is 9.59 Å². The summed E-state index contributed by atoms with van der Waals surface area (Å²) in [4.78, 5) is 28.2. The molecule has 5 nitrogen and oxygen atoms in total. The van der Waals surface area contributed by atoms with Crippen molar-refractivity contribution >= 4 is 17.6 Å². The second-order valence-electron chi connectivity index (χ2n) is 7.50. The minimum Gasteiger partial charge on any atom is -0.343 e. The SMILES string of the molecule is Cc1ccccc1CN(C)C(=O)Nc1ccc(CCC(=O)N2CCCC2)cc1. The van der Waals surface area contributed by atoms with Gasteiger partial charge in [-0.2, -0.15) is 0 Å². The van der Waals surface area contributed by atoms with Crippen LogP contribution in [-0.2, 0) is 17.8 Å². The normalized spacial score (nSPS) is 13.4. The molecule has 2 aromatic rings. The first-order valence-corrected chi connectivity index (χ1v) is 9.96. The Bertz CT molecular complexity index is 811. The maximum atomic E-state index is 12.4. The Kier molecular flexibility index (Phi) is 6.69. The zero-order chi connectivity index (χ0) is 19.9. The molecule has 0 unspecified atom stereocenters. The molecule has 3 amide bonds. The molecule has 0 aliphatic carbocycles. The number of hydrogen-bond donors (Lipinski definition) is 1. The van der Waals surface area contributed by atoms with E-state index in [-0.39, 0.29) is 11.9 Å². The van der Waals surface area contributed by atoms with Gasteiger partial charge in [0.15, 0.2) is 0 Å². The van der Waals surface area contributed by atoms with Crippen LogP contribution in [0.15, 0.2) is 48.5 Å². The number of aryl methyl sites for hydroxylation is 2. The summed E-state index contributed by atoms with van der Waals surface area (Å²) >= 11 is 0. The predicted molar refractivity (Wildman–Crippen MR) is 112 cm³/mol. The number of carbonyl (C=O) groups is 2. The Morgan fingerprint density at radius 3 is 2.39 bits per heavy atom. The highest BCUT2D eigenvalue weighted by molar-refractivity contribution is 5.89. The van der Waals surface area contributed by atoms with E-state index in [1.54, 1.807) is 11.9 Å². The molecule has 1 aliphatic heterocycles. The number of rotatable bonds is 6. The maximum absolute atomic E-state index is 12.4. The van der Waals surface area contributed by atoms with Gasteiger partial charge in [-0.3, -0.25) is 4.79 Å². The van der Waals surface area contributed by atoms with E-state index >= 15 is 0 Å². The Balaban J connectivity index is 1.48. The quantitative estimate of drug-likeness (QED) is 0.817. The number of anilines is 1. The Morgan fingerprint density at radius 1 is 1.04 bits per heavy atom. The number of nitrogens with zero attached hydrogens (tertiary/aromatic N) is 2. The van der Waals surface area contributed by atoms with Crippen molar-refractivity contribution in [3.63, 3.8) is 0 Å². The second-order valence-corrected chi connectivity index (χ2v) is 7.50. The van der Waals surface area contributed by atoms with E-state index in [4.69, 9.17) is 0 Å². The van der Waals surface area contributed by atoms with Gasteiger partial charge in [0.2, 0.25) is 5.91 Å². The minimum atomic E-state index is -0.139. The lowest BCUT2D eigenvalue weighted by Gasteiger charge is -2.19. The van der Waals surface area contributed by atoms with Crippen LogP contribution in [0.3, 0.4) is 0 Å². The van der Waals surface area contributed by atoms with Gasteiger partial charge in [-0.25, -0.2) is 4.79 Å². The molecule has 2 aromatic carbocycles. The lowest BCUT2D eigenvalue weighted by atomic mass is 10.1. The molecular formula is C23H29N3O2. The van der Waals surface area contributed by atoms with Gasteiger partial charge < -0.3 is 15.1 Å². The fourth-order valence-electron chi connectivity index (χ4n) is 3.46. The van der Waals surface area contributed by atoms with Gasteiger partial charge in [0, 0.05) is 38.8 Å². The van der Waals surface area contributed by atoms with E-state index in [9.17, 15) is 9.59 Å². The van der Waals surface area contributed by atoms with Gasteiger partial charge in [-0.1, -0.05) is 36.4 Å². The number of nitrogens with one attached hydrogen (secondary N) is 1. The van der Waals surface area contributed by atoms with Crippen LogP contribution in [0.5, 0.6) is 0 Å². The molecule has 148 valence electrons. The van der Waals surface area contributed by atoms with Gasteiger partial charge in [0.1, 0.15) is 0 Å². The monoisotopic (exact) mass is 379 g/mol. The maximum Gasteiger partial charge on any atom is 0.321 e. The summed E-state index contributed by atoms with van der Waals surface area (Å²) in [5.74, 6) is 0.243. The Morgan fingerprint density at radius 2 is 1.71 bits per heavy atom. The van der Waals surface area contributed by atoms with Crippen molar-refractivity contribution in [1.82, 2.24) is 9.80 Å². The van der Waals surface area contributed by atoms with Crippen LogP contribution in [0, 0.1) is 6.92 Å². The van der Waals surface area contributed by atoms with Crippen molar-refractivity contribution in [1.29, 1.82) is 0 Å². The summed E-state index contributed by atoms with van der Waals surface area (Å²) in [5.41, 5.74) is 4.18. The third kappa shape index (κ3) is 5.35. The van der Waals surface area contributed by atoms with Gasteiger partial charge in [-0.15, -0.1) is 0 Å². The van der Waals surface area contributed by atoms with E-state index in [0.29, 0.717) is 13.0 Å². The average molecular weight is 380 g/mol. The largest absolute Gasteiger partial charge is 0.343 e. The van der Waals surface area contributed by atoms with Gasteiger partial charge in [0.05, 0.1) is 0 Å². The lowest BCUT2D eigenvalue weighted by molar-refractivity contribution is -0.130. The minimum absolute atomic E-state index is 0.139. The van der Waals surface area contributed by atoms with E-state index in [2.05, 4.69) is 5.32 Å². The Hall–Kier alpha value is -2.82. The fraction of sp³-hybridized carbons (Fsp3) is 0.391. The summed E-state index contributed by atoms with van der Waals surface area (Å²) in [7, 11) is 1.79. The molecule has 1 N–H and O–H groups in total. The van der Waals surface area contributed by atoms with Crippen LogP contribution >= 0.6 is 0 Å². The first kappa shape index (κ1) is 19.9. The van der Waals surface area contributed by atoms with E-state index in [1.807, 2.05) is 60.4 Å². The van der Waals surface area contributed by atoms with E-state index < -0.39 is 0 Å². The van der Waals surface area contributed by atoms with Crippen LogP contribution in [0.1, 0.15) is 36.0 Å². The summed E-state index contributed by atoms with van der Waals surface area (Å²) < 4.78 is 0. The van der Waals surface area contributed by atoms with E-state index in [0.717, 1.165) is 49.2 Å². The molecular weight excluding hydrogens is 350 g/mol. The van der Waals surface area contributed by atoms with Crippen molar-refractivity contribution in [2.75, 3.05) is 25.5 Å². The number of urea groups is 1. The lowest BCUT2D eigenvalue weighted by Crippen LogP contribution is -2.31. The number of likely N-dealkylation sites (tertiary alicyclic amines) is 1. The van der Waals surface area contributed by atoms with Crippen LogP contribution in [-0.4, -0.2) is 41.9 Å². The molecule has 28 heavy (non-hydrogen) atoms. The molecule has 1 fully saturated rings. The van der Waals surface area contributed by atoms with Crippen molar-refractivity contribution in [2.45, 2.75) is 39.2 Å². The molecule has 0 atom stereocenters. The molecule has 5 heteroatoms. The highest BCUT2D eigenvalue weighted by atomic mass is 16.2. The van der Waals surface area contributed by atoms with Crippen LogP contribution in [0.2, 0.25) is 0 Å². The van der Waals surface area contributed by atoms with Crippen molar-refractivity contribution in [3.8, 4) is 0 Å². The van der Waals surface area contributed by atoms with Crippen LogP contribution in [0.25, 0.3) is 0 Å². The van der Waals surface area contributed by atoms with Gasteiger partial charge in [-0.05, 0) is 55.0 Å². The molecule has 3 rings (SSSR count). The zero-order valence-electron chi connectivity index (χ0n) is 16.8. The highest BCUT2D eigenvalue weighted by Crippen LogP contribution is 2.15. The zero-order valence-corrected chi connectivity index (χ0v) is 16.8. The average Bonchev–Trinajstić information content (AvgIpc) is 3.24. The molecule has 0 radical (unpaired) electrons. The first-order chi connectivity index (χ1) is 13.5. The molecule has 0 bridgehead atoms. The van der Waals surface area contributed by atoms with Gasteiger partial charge >= 0.3 is 6.03 Å². The summed E-state index contributed by atoms with van der Waals surface area (Å²) in [5, 5.41) is 2.93. The number of amides is 3. The van der Waals surface area contributed by atoms with Gasteiger partial charge in [0.25, 0.3) is 0 Å². The topological polar surface area (TPSA) is 52.7 Å². The predicted octanol–water partition coefficient (Wildman–Crippen LogP) is 4.21. The molecule has 1 saturated heterocycles. The number of hydrogen-bond acceptors (Lipinski definition) is 2. The second kappa shape index (κ2) is 9.40. The Labute approximate surface area is 167 Å². The molecule has 1 aliphatic rings. The van der Waals surface area contributed by atoms with Crippen molar-refractivity contribution in [3.05, 3.63) is 65.2 Å². The highest BCUT2D eigenvalue weighted by Gasteiger charge is 2.17. The third-order valence-electron chi connectivity index (χ3n) is 5.31. The fourth-order valence-corrected chi connectivity index (χ4v) is 3.46. The standard InChI is InChI=1S/C23H29N3O2/c1-18-7-3-4-8-20(18)17-25(2)23(28)24-21-12-9-19(10-13-21)11-14-22(27)26-15-5-6-16-26/h3-4,7-10,12-13H,5-6,11,14-17H2,1-2H3,(H,24,28). The summed E-state index contributed by atoms with van der Waals surface area (Å²) in [6.07, 6.45) is 3.53. The first-order valence-electron chi connectivity index (χ1n) is 9.96. The molecule has 0 saturated carbocycles. The van der Waals surface area contributed by atoms with Crippen molar-refractivity contribution in [2.24, 2.45) is 0 Å². The smallest absolute Gasteiger partial charge is 0.321 e. The molecule has 0 spiro atoms. The molecule has 0 aromatic heterocycles. The molecule has 1 heterocycles. The van der Waals surface area contributed by atoms with Crippen LogP contribution < -0.4 is 5.32 Å². The number of carbonyl (C=O) groups excluding carboxylic acids is 2. The van der Waals surface area contributed by atoms with E-state index in [1.165, 1.54) is 5.56 Å². The van der Waals surface area contributed by atoms with Crippen LogP contribution in [0.4, 0.5) is 10.5 Å². The number of benzene rings is 2. The summed E-state index contributed by atoms with van der Waals surface area (Å²) in [6.45, 7) is 4.42. The third-order valence-corrected chi connectivity index (χ3v) is 5.31. The summed E-state index contributed by atoms with van der Waals surface area (Å²) in [6, 6.07) is 15.7.